The average molecular weight is 468 g/mol. The van der Waals surface area contributed by atoms with Gasteiger partial charge in [-0.1, -0.05) is 29.4 Å². The van der Waals surface area contributed by atoms with Crippen molar-refractivity contribution in [3.8, 4) is 17.1 Å². The maximum atomic E-state index is 13.9. The number of carbonyl (C=O) groups excluding carboxylic acids is 1. The van der Waals surface area contributed by atoms with Crippen molar-refractivity contribution in [1.29, 1.82) is 0 Å². The van der Waals surface area contributed by atoms with Gasteiger partial charge in [0.1, 0.15) is 5.82 Å². The number of benzene rings is 2. The van der Waals surface area contributed by atoms with Crippen LogP contribution in [0.3, 0.4) is 0 Å². The number of aromatic nitrogens is 4. The number of rotatable bonds is 6. The normalized spacial score (nSPS) is 10.9. The number of nitrogens with zero attached hydrogens (tertiary/aromatic N) is 4. The van der Waals surface area contributed by atoms with E-state index in [4.69, 9.17) is 11.6 Å². The van der Waals surface area contributed by atoms with Crippen molar-refractivity contribution in [3.63, 3.8) is 0 Å². The smallest absolute Gasteiger partial charge is 0.234 e. The molecule has 162 valence electrons. The highest BCUT2D eigenvalue weighted by Crippen LogP contribution is 2.29. The number of hydrogen-bond donors (Lipinski definition) is 1. The van der Waals surface area contributed by atoms with Gasteiger partial charge in [0.15, 0.2) is 11.0 Å². The summed E-state index contributed by atoms with van der Waals surface area (Å²) in [7, 11) is 0. The van der Waals surface area contributed by atoms with Crippen LogP contribution in [0.5, 0.6) is 0 Å². The summed E-state index contributed by atoms with van der Waals surface area (Å²) in [4.78, 5) is 16.5. The summed E-state index contributed by atoms with van der Waals surface area (Å²) in [5, 5.41) is 12.1. The van der Waals surface area contributed by atoms with Gasteiger partial charge in [-0.15, -0.1) is 10.2 Å². The molecule has 0 spiro atoms. The maximum Gasteiger partial charge on any atom is 0.234 e. The van der Waals surface area contributed by atoms with E-state index in [1.54, 1.807) is 12.4 Å². The number of thioether (sulfide) groups is 1. The van der Waals surface area contributed by atoms with E-state index in [1.165, 1.54) is 35.5 Å². The first-order valence-electron chi connectivity index (χ1n) is 9.73. The lowest BCUT2D eigenvalue weighted by Gasteiger charge is -2.12. The Bertz CT molecular complexity index is 1280. The van der Waals surface area contributed by atoms with Gasteiger partial charge in [-0.25, -0.2) is 4.39 Å². The third kappa shape index (κ3) is 4.81. The highest BCUT2D eigenvalue weighted by atomic mass is 35.5. The number of anilines is 1. The van der Waals surface area contributed by atoms with E-state index < -0.39 is 5.82 Å². The first-order chi connectivity index (χ1) is 15.4. The topological polar surface area (TPSA) is 72.7 Å². The van der Waals surface area contributed by atoms with Crippen LogP contribution in [0.1, 0.15) is 11.1 Å². The second-order valence-corrected chi connectivity index (χ2v) is 8.49. The summed E-state index contributed by atoms with van der Waals surface area (Å²) in [5.74, 6) is -0.271. The summed E-state index contributed by atoms with van der Waals surface area (Å²) in [6.07, 6.45) is 3.38. The van der Waals surface area contributed by atoms with E-state index >= 15 is 0 Å². The molecule has 0 bridgehead atoms. The third-order valence-electron chi connectivity index (χ3n) is 4.86. The minimum Gasteiger partial charge on any atom is -0.323 e. The van der Waals surface area contributed by atoms with Gasteiger partial charge in [0.2, 0.25) is 5.91 Å². The van der Waals surface area contributed by atoms with E-state index in [-0.39, 0.29) is 17.3 Å². The number of amides is 1. The van der Waals surface area contributed by atoms with E-state index in [1.807, 2.05) is 42.7 Å². The Morgan fingerprint density at radius 2 is 1.84 bits per heavy atom. The van der Waals surface area contributed by atoms with Gasteiger partial charge in [0.25, 0.3) is 0 Å². The molecule has 4 rings (SSSR count). The predicted molar refractivity (Wildman–Crippen MR) is 125 cm³/mol. The predicted octanol–water partition coefficient (Wildman–Crippen LogP) is 5.47. The van der Waals surface area contributed by atoms with Crippen LogP contribution in [-0.2, 0) is 4.79 Å². The van der Waals surface area contributed by atoms with Crippen LogP contribution in [0.25, 0.3) is 17.1 Å². The summed E-state index contributed by atoms with van der Waals surface area (Å²) in [6, 6.07) is 13.8. The molecule has 4 aromatic rings. The maximum absolute atomic E-state index is 13.9. The summed E-state index contributed by atoms with van der Waals surface area (Å²) in [6.45, 7) is 4.08. The van der Waals surface area contributed by atoms with Gasteiger partial charge >= 0.3 is 0 Å². The molecule has 1 N–H and O–H groups in total. The second kappa shape index (κ2) is 9.50. The highest BCUT2D eigenvalue weighted by molar-refractivity contribution is 7.99. The number of pyridine rings is 1. The van der Waals surface area contributed by atoms with Crippen LogP contribution >= 0.6 is 23.4 Å². The van der Waals surface area contributed by atoms with Gasteiger partial charge in [-0.05, 0) is 67.4 Å². The van der Waals surface area contributed by atoms with Gasteiger partial charge in [-0.3, -0.25) is 14.3 Å². The van der Waals surface area contributed by atoms with E-state index in [2.05, 4.69) is 26.6 Å². The molecule has 0 saturated heterocycles. The monoisotopic (exact) mass is 467 g/mol. The minimum atomic E-state index is -0.550. The summed E-state index contributed by atoms with van der Waals surface area (Å²) >= 11 is 7.11. The van der Waals surface area contributed by atoms with Gasteiger partial charge in [0.05, 0.1) is 17.1 Å². The van der Waals surface area contributed by atoms with Crippen LogP contribution < -0.4 is 5.32 Å². The Morgan fingerprint density at radius 1 is 1.06 bits per heavy atom. The molecule has 2 aromatic carbocycles. The molecule has 1 amide bonds. The Balaban J connectivity index is 1.62. The quantitative estimate of drug-likeness (QED) is 0.381. The van der Waals surface area contributed by atoms with E-state index in [9.17, 15) is 9.18 Å². The Labute approximate surface area is 193 Å². The number of halogens is 2. The zero-order valence-corrected chi connectivity index (χ0v) is 18.9. The van der Waals surface area contributed by atoms with Crippen LogP contribution in [0.15, 0.2) is 66.1 Å². The molecule has 0 aliphatic carbocycles. The van der Waals surface area contributed by atoms with Crippen molar-refractivity contribution < 1.29 is 9.18 Å². The lowest BCUT2D eigenvalue weighted by atomic mass is 10.1. The van der Waals surface area contributed by atoms with Crippen LogP contribution in [-0.4, -0.2) is 31.4 Å². The molecule has 9 heteroatoms. The van der Waals surface area contributed by atoms with Gasteiger partial charge in [0, 0.05) is 23.0 Å². The summed E-state index contributed by atoms with van der Waals surface area (Å²) in [5.41, 5.74) is 4.07. The molecular weight excluding hydrogens is 449 g/mol. The lowest BCUT2D eigenvalue weighted by Crippen LogP contribution is -2.15. The molecule has 0 fully saturated rings. The molecule has 2 heterocycles. The minimum absolute atomic E-state index is 0.0191. The fourth-order valence-electron chi connectivity index (χ4n) is 3.06. The largest absolute Gasteiger partial charge is 0.323 e. The first kappa shape index (κ1) is 22.0. The van der Waals surface area contributed by atoms with Crippen LogP contribution in [0, 0.1) is 19.7 Å². The molecule has 0 aliphatic rings. The van der Waals surface area contributed by atoms with Crippen molar-refractivity contribution in [1.82, 2.24) is 19.7 Å². The van der Waals surface area contributed by atoms with Crippen molar-refractivity contribution in [3.05, 3.63) is 82.9 Å². The van der Waals surface area contributed by atoms with E-state index in [0.29, 0.717) is 16.0 Å². The zero-order chi connectivity index (χ0) is 22.7. The molecule has 0 radical (unpaired) electrons. The van der Waals surface area contributed by atoms with E-state index in [0.717, 1.165) is 16.8 Å². The highest BCUT2D eigenvalue weighted by Gasteiger charge is 2.18. The number of carbonyl (C=O) groups is 1. The lowest BCUT2D eigenvalue weighted by molar-refractivity contribution is -0.113. The van der Waals surface area contributed by atoms with Crippen LogP contribution in [0.4, 0.5) is 10.1 Å². The number of nitrogens with one attached hydrogen (secondary N) is 1. The van der Waals surface area contributed by atoms with Crippen molar-refractivity contribution in [2.75, 3.05) is 11.1 Å². The Morgan fingerprint density at radius 3 is 2.59 bits per heavy atom. The van der Waals surface area contributed by atoms with Crippen molar-refractivity contribution in [2.45, 2.75) is 19.0 Å². The standard InChI is InChI=1S/C23H19ClFN5OS/c1-14-3-5-18(11-15(14)2)30-22(16-7-9-26-10-8-16)28-29-23(30)32-13-21(31)27-20-12-17(24)4-6-19(20)25/h3-12H,13H2,1-2H3,(H,27,31). The van der Waals surface area contributed by atoms with Crippen molar-refractivity contribution >= 4 is 35.0 Å². The SMILES string of the molecule is Cc1ccc(-n2c(SCC(=O)Nc3cc(Cl)ccc3F)nnc2-c2ccncc2)cc1C. The average Bonchev–Trinajstić information content (AvgIpc) is 3.21. The fourth-order valence-corrected chi connectivity index (χ4v) is 3.98. The van der Waals surface area contributed by atoms with Crippen molar-refractivity contribution in [2.24, 2.45) is 0 Å². The molecule has 0 saturated carbocycles. The van der Waals surface area contributed by atoms with Gasteiger partial charge in [-0.2, -0.15) is 0 Å². The second-order valence-electron chi connectivity index (χ2n) is 7.11. The molecule has 2 aromatic heterocycles. The molecule has 0 aliphatic heterocycles. The Hall–Kier alpha value is -3.23. The number of hydrogen-bond acceptors (Lipinski definition) is 5. The zero-order valence-electron chi connectivity index (χ0n) is 17.3. The number of aryl methyl sites for hydroxylation is 2. The molecule has 0 unspecified atom stereocenters. The first-order valence-corrected chi connectivity index (χ1v) is 11.1. The summed E-state index contributed by atoms with van der Waals surface area (Å²) < 4.78 is 15.8. The molecule has 32 heavy (non-hydrogen) atoms. The molecule has 6 nitrogen and oxygen atoms in total. The molecular formula is C23H19ClFN5OS. The fraction of sp³-hybridized carbons (Fsp3) is 0.130. The Kier molecular flexibility index (Phi) is 6.53. The molecule has 0 atom stereocenters. The third-order valence-corrected chi connectivity index (χ3v) is 6.02. The van der Waals surface area contributed by atoms with Gasteiger partial charge < -0.3 is 5.32 Å². The van der Waals surface area contributed by atoms with Crippen LogP contribution in [0.2, 0.25) is 5.02 Å².